The van der Waals surface area contributed by atoms with E-state index in [2.05, 4.69) is 25.6 Å². The third-order valence-electron chi connectivity index (χ3n) is 7.58. The van der Waals surface area contributed by atoms with Crippen molar-refractivity contribution in [2.24, 2.45) is 17.6 Å². The summed E-state index contributed by atoms with van der Waals surface area (Å²) in [5, 5.41) is 7.30. The van der Waals surface area contributed by atoms with Crippen LogP contribution in [0, 0.1) is 11.8 Å². The maximum absolute atomic E-state index is 13.3. The normalized spacial score (nSPS) is 20.8. The van der Waals surface area contributed by atoms with E-state index in [-0.39, 0.29) is 23.5 Å². The molecule has 0 amide bonds. The van der Waals surface area contributed by atoms with Gasteiger partial charge in [-0.25, -0.2) is 15.0 Å². The van der Waals surface area contributed by atoms with Gasteiger partial charge in [-0.3, -0.25) is 9.59 Å². The topological polar surface area (TPSA) is 123 Å². The number of carbonyl (C=O) groups is 2. The van der Waals surface area contributed by atoms with Crippen LogP contribution in [-0.2, 0) is 0 Å². The fourth-order valence-corrected chi connectivity index (χ4v) is 5.31. The van der Waals surface area contributed by atoms with E-state index in [1.165, 1.54) is 0 Å². The van der Waals surface area contributed by atoms with E-state index in [0.717, 1.165) is 63.4 Å². The summed E-state index contributed by atoms with van der Waals surface area (Å²) in [5.74, 6) is 1.79. The van der Waals surface area contributed by atoms with Crippen LogP contribution in [0.3, 0.4) is 0 Å². The van der Waals surface area contributed by atoms with Crippen LogP contribution >= 0.6 is 0 Å². The van der Waals surface area contributed by atoms with Gasteiger partial charge < -0.3 is 16.4 Å². The summed E-state index contributed by atoms with van der Waals surface area (Å²) in [6, 6.07) is 9.40. The molecule has 0 unspecified atom stereocenters. The number of rotatable bonds is 8. The molecule has 1 aliphatic carbocycles. The number of pyridine rings is 1. The van der Waals surface area contributed by atoms with Crippen molar-refractivity contribution in [3.63, 3.8) is 0 Å². The fraction of sp³-hybridized carbons (Fsp3) is 0.464. The minimum Gasteiger partial charge on any atom is -0.328 e. The first-order valence-corrected chi connectivity index (χ1v) is 13.1. The Balaban J connectivity index is 1.26. The molecule has 0 bridgehead atoms. The number of carbonyl (C=O) groups excluding carboxylic acids is 2. The van der Waals surface area contributed by atoms with Crippen LogP contribution in [0.15, 0.2) is 42.7 Å². The van der Waals surface area contributed by atoms with Gasteiger partial charge in [0.25, 0.3) is 0 Å². The second-order valence-electron chi connectivity index (χ2n) is 10.1. The third kappa shape index (κ3) is 5.77. The lowest BCUT2D eigenvalue weighted by Crippen LogP contribution is -2.30. The Bertz CT molecular complexity index is 1210. The zero-order chi connectivity index (χ0) is 24.9. The van der Waals surface area contributed by atoms with E-state index in [0.29, 0.717) is 40.7 Å². The van der Waals surface area contributed by atoms with Gasteiger partial charge in [0.2, 0.25) is 5.95 Å². The highest BCUT2D eigenvalue weighted by molar-refractivity contribution is 6.07. The van der Waals surface area contributed by atoms with Crippen molar-refractivity contribution < 1.29 is 9.59 Å². The van der Waals surface area contributed by atoms with Crippen molar-refractivity contribution in [1.82, 2.24) is 20.3 Å². The van der Waals surface area contributed by atoms with Gasteiger partial charge in [0, 0.05) is 47.3 Å². The largest absolute Gasteiger partial charge is 0.328 e. The smallest absolute Gasteiger partial charge is 0.228 e. The zero-order valence-electron chi connectivity index (χ0n) is 20.6. The second-order valence-corrected chi connectivity index (χ2v) is 10.1. The maximum Gasteiger partial charge on any atom is 0.228 e. The van der Waals surface area contributed by atoms with Crippen LogP contribution in [0.5, 0.6) is 0 Å². The predicted molar refractivity (Wildman–Crippen MR) is 140 cm³/mol. The Morgan fingerprint density at radius 2 is 1.78 bits per heavy atom. The van der Waals surface area contributed by atoms with Gasteiger partial charge in [-0.05, 0) is 82.2 Å². The molecule has 3 heterocycles. The lowest BCUT2D eigenvalue weighted by molar-refractivity contribution is 0.0885. The Morgan fingerprint density at radius 1 is 0.972 bits per heavy atom. The Morgan fingerprint density at radius 3 is 2.53 bits per heavy atom. The number of hydrogen-bond donors (Lipinski definition) is 3. The zero-order valence-corrected chi connectivity index (χ0v) is 20.6. The number of benzene rings is 1. The standard InChI is InChI=1S/C28H34N6O2/c29-22-8-5-19(6-9-22)27(36)23-3-1-2-21-17-32-28(34-26(21)23)33-25-11-7-20(16-31-25)24(35)10-4-18-12-14-30-15-13-18/h1-3,7,11,16-19,22,30H,4-6,8-10,12-15,29H2,(H,31,32,33,34). The summed E-state index contributed by atoms with van der Waals surface area (Å²) in [6.07, 6.45) is 10.5. The van der Waals surface area contributed by atoms with E-state index in [1.54, 1.807) is 24.5 Å². The second kappa shape index (κ2) is 11.2. The van der Waals surface area contributed by atoms with Crippen molar-refractivity contribution in [1.29, 1.82) is 0 Å². The molecule has 1 aliphatic heterocycles. The molecule has 188 valence electrons. The molecule has 1 saturated carbocycles. The Hall–Kier alpha value is -3.23. The van der Waals surface area contributed by atoms with Crippen LogP contribution in [-0.4, -0.2) is 45.6 Å². The molecular weight excluding hydrogens is 452 g/mol. The van der Waals surface area contributed by atoms with Crippen LogP contribution < -0.4 is 16.4 Å². The average molecular weight is 487 g/mol. The molecule has 5 rings (SSSR count). The summed E-state index contributed by atoms with van der Waals surface area (Å²) in [5.41, 5.74) is 7.91. The van der Waals surface area contributed by atoms with Crippen molar-refractivity contribution in [3.8, 4) is 0 Å². The number of nitrogens with two attached hydrogens (primary N) is 1. The van der Waals surface area contributed by atoms with Crippen molar-refractivity contribution in [2.75, 3.05) is 18.4 Å². The number of Topliss-reactive ketones (excluding diaryl/α,β-unsaturated/α-hetero) is 2. The number of para-hydroxylation sites is 1. The summed E-state index contributed by atoms with van der Waals surface area (Å²) in [7, 11) is 0. The number of aromatic nitrogens is 3. The molecule has 1 aromatic carbocycles. The molecule has 0 radical (unpaired) electrons. The monoisotopic (exact) mass is 486 g/mol. The lowest BCUT2D eigenvalue weighted by Gasteiger charge is -2.25. The van der Waals surface area contributed by atoms with Crippen LogP contribution in [0.25, 0.3) is 10.9 Å². The molecule has 8 heteroatoms. The first kappa shape index (κ1) is 24.5. The van der Waals surface area contributed by atoms with Gasteiger partial charge in [-0.1, -0.05) is 12.1 Å². The molecule has 1 saturated heterocycles. The summed E-state index contributed by atoms with van der Waals surface area (Å²) in [4.78, 5) is 39.4. The molecule has 8 nitrogen and oxygen atoms in total. The van der Waals surface area contributed by atoms with Crippen LogP contribution in [0.4, 0.5) is 11.8 Å². The van der Waals surface area contributed by atoms with Gasteiger partial charge in [-0.2, -0.15) is 0 Å². The Kier molecular flexibility index (Phi) is 7.63. The fourth-order valence-electron chi connectivity index (χ4n) is 5.31. The number of nitrogens with zero attached hydrogens (tertiary/aromatic N) is 3. The van der Waals surface area contributed by atoms with Crippen LogP contribution in [0.1, 0.15) is 72.1 Å². The first-order chi connectivity index (χ1) is 17.6. The van der Waals surface area contributed by atoms with Gasteiger partial charge in [-0.15, -0.1) is 0 Å². The number of ketones is 2. The predicted octanol–water partition coefficient (Wildman–Crippen LogP) is 4.43. The minimum atomic E-state index is -0.0108. The molecule has 36 heavy (non-hydrogen) atoms. The van der Waals surface area contributed by atoms with E-state index < -0.39 is 0 Å². The van der Waals surface area contributed by atoms with E-state index in [9.17, 15) is 9.59 Å². The number of fused-ring (bicyclic) bond motifs is 1. The molecule has 0 spiro atoms. The maximum atomic E-state index is 13.3. The molecule has 2 aliphatic rings. The highest BCUT2D eigenvalue weighted by Gasteiger charge is 2.27. The SMILES string of the molecule is NC1CCC(C(=O)c2cccc3cnc(Nc4ccc(C(=O)CCC5CCNCC5)cn4)nc23)CC1. The number of piperidine rings is 1. The van der Waals surface area contributed by atoms with E-state index >= 15 is 0 Å². The molecule has 4 N–H and O–H groups in total. The average Bonchev–Trinajstić information content (AvgIpc) is 2.92. The quantitative estimate of drug-likeness (QED) is 0.400. The van der Waals surface area contributed by atoms with Gasteiger partial charge in [0.1, 0.15) is 5.82 Å². The molecule has 2 fully saturated rings. The van der Waals surface area contributed by atoms with Crippen molar-refractivity contribution in [2.45, 2.75) is 57.4 Å². The minimum absolute atomic E-state index is 0.0108. The van der Waals surface area contributed by atoms with Crippen molar-refractivity contribution in [3.05, 3.63) is 53.9 Å². The highest BCUT2D eigenvalue weighted by atomic mass is 16.1. The highest BCUT2D eigenvalue weighted by Crippen LogP contribution is 2.29. The van der Waals surface area contributed by atoms with E-state index in [4.69, 9.17) is 5.73 Å². The number of hydrogen-bond acceptors (Lipinski definition) is 8. The summed E-state index contributed by atoms with van der Waals surface area (Å²) >= 11 is 0. The van der Waals surface area contributed by atoms with Gasteiger partial charge >= 0.3 is 0 Å². The molecular formula is C28H34N6O2. The summed E-state index contributed by atoms with van der Waals surface area (Å²) < 4.78 is 0. The molecule has 2 aromatic heterocycles. The third-order valence-corrected chi connectivity index (χ3v) is 7.58. The van der Waals surface area contributed by atoms with Gasteiger partial charge in [0.15, 0.2) is 11.6 Å². The van der Waals surface area contributed by atoms with E-state index in [1.807, 2.05) is 18.2 Å². The Labute approximate surface area is 211 Å². The summed E-state index contributed by atoms with van der Waals surface area (Å²) in [6.45, 7) is 2.09. The van der Waals surface area contributed by atoms with Gasteiger partial charge in [0.05, 0.1) is 5.52 Å². The number of anilines is 2. The number of nitrogens with one attached hydrogen (secondary N) is 2. The van der Waals surface area contributed by atoms with Crippen LogP contribution in [0.2, 0.25) is 0 Å². The molecule has 3 aromatic rings. The van der Waals surface area contributed by atoms with Crippen molar-refractivity contribution >= 4 is 34.2 Å². The molecule has 0 atom stereocenters. The first-order valence-electron chi connectivity index (χ1n) is 13.1. The lowest BCUT2D eigenvalue weighted by atomic mass is 9.81.